The minimum atomic E-state index is -0.488. The molecule has 8 heteroatoms. The van der Waals surface area contributed by atoms with Gasteiger partial charge in [-0.05, 0) is 18.9 Å². The fourth-order valence-electron chi connectivity index (χ4n) is 1.73. The second-order valence-electron chi connectivity index (χ2n) is 4.76. The van der Waals surface area contributed by atoms with Gasteiger partial charge in [-0.3, -0.25) is 30.6 Å². The SMILES string of the molecule is O=C(CCNc1ccccc1[N+](=O)[O-])NNC(=O)C1CC1. The third kappa shape index (κ3) is 4.44. The lowest BCUT2D eigenvalue weighted by molar-refractivity contribution is -0.384. The van der Waals surface area contributed by atoms with Crippen LogP contribution in [-0.4, -0.2) is 23.3 Å². The average molecular weight is 292 g/mol. The van der Waals surface area contributed by atoms with Gasteiger partial charge in [0.25, 0.3) is 5.69 Å². The number of hydrogen-bond donors (Lipinski definition) is 3. The third-order valence-corrected chi connectivity index (χ3v) is 3.04. The van der Waals surface area contributed by atoms with Gasteiger partial charge in [-0.15, -0.1) is 0 Å². The van der Waals surface area contributed by atoms with Gasteiger partial charge in [-0.25, -0.2) is 0 Å². The van der Waals surface area contributed by atoms with Crippen molar-refractivity contribution in [2.75, 3.05) is 11.9 Å². The number of amides is 2. The van der Waals surface area contributed by atoms with Crippen molar-refractivity contribution in [2.24, 2.45) is 5.92 Å². The Morgan fingerprint density at radius 1 is 1.24 bits per heavy atom. The van der Waals surface area contributed by atoms with Gasteiger partial charge in [0.15, 0.2) is 0 Å². The van der Waals surface area contributed by atoms with Crippen LogP contribution in [0.15, 0.2) is 24.3 Å². The minimum absolute atomic E-state index is 0.0235. The zero-order chi connectivity index (χ0) is 15.2. The Kier molecular flexibility index (Phi) is 4.70. The molecule has 0 atom stereocenters. The molecule has 0 saturated heterocycles. The van der Waals surface area contributed by atoms with Crippen molar-refractivity contribution < 1.29 is 14.5 Å². The zero-order valence-corrected chi connectivity index (χ0v) is 11.3. The minimum Gasteiger partial charge on any atom is -0.379 e. The molecule has 0 aliphatic heterocycles. The highest BCUT2D eigenvalue weighted by molar-refractivity contribution is 5.84. The van der Waals surface area contributed by atoms with Crippen LogP contribution in [0, 0.1) is 16.0 Å². The number of para-hydroxylation sites is 2. The van der Waals surface area contributed by atoms with Crippen LogP contribution >= 0.6 is 0 Å². The molecular weight excluding hydrogens is 276 g/mol. The quantitative estimate of drug-likeness (QED) is 0.533. The number of nitro groups is 1. The van der Waals surface area contributed by atoms with Crippen molar-refractivity contribution >= 4 is 23.2 Å². The van der Waals surface area contributed by atoms with Crippen molar-refractivity contribution in [3.8, 4) is 0 Å². The summed E-state index contributed by atoms with van der Waals surface area (Å²) in [6.45, 7) is 0.232. The van der Waals surface area contributed by atoms with Crippen LogP contribution in [-0.2, 0) is 9.59 Å². The Hall–Kier alpha value is -2.64. The molecule has 1 aromatic carbocycles. The summed E-state index contributed by atoms with van der Waals surface area (Å²) in [5, 5.41) is 13.6. The van der Waals surface area contributed by atoms with E-state index in [9.17, 15) is 19.7 Å². The first-order valence-corrected chi connectivity index (χ1v) is 6.64. The van der Waals surface area contributed by atoms with Crippen LogP contribution in [0.2, 0.25) is 0 Å². The van der Waals surface area contributed by atoms with Crippen LogP contribution in [0.3, 0.4) is 0 Å². The molecule has 1 aromatic rings. The van der Waals surface area contributed by atoms with Crippen LogP contribution in [0.5, 0.6) is 0 Å². The number of anilines is 1. The summed E-state index contributed by atoms with van der Waals surface area (Å²) < 4.78 is 0. The zero-order valence-electron chi connectivity index (χ0n) is 11.3. The van der Waals surface area contributed by atoms with Gasteiger partial charge in [0, 0.05) is 24.9 Å². The van der Waals surface area contributed by atoms with E-state index in [0.29, 0.717) is 5.69 Å². The van der Waals surface area contributed by atoms with Gasteiger partial charge in [0.05, 0.1) is 4.92 Å². The van der Waals surface area contributed by atoms with E-state index < -0.39 is 4.92 Å². The normalized spacial score (nSPS) is 13.3. The van der Waals surface area contributed by atoms with Gasteiger partial charge < -0.3 is 5.32 Å². The first-order valence-electron chi connectivity index (χ1n) is 6.64. The van der Waals surface area contributed by atoms with Gasteiger partial charge in [-0.2, -0.15) is 0 Å². The summed E-state index contributed by atoms with van der Waals surface area (Å²) in [5.41, 5.74) is 4.98. The number of carbonyl (C=O) groups is 2. The summed E-state index contributed by atoms with van der Waals surface area (Å²) in [6.07, 6.45) is 1.82. The molecule has 112 valence electrons. The lowest BCUT2D eigenvalue weighted by Crippen LogP contribution is -2.42. The lowest BCUT2D eigenvalue weighted by atomic mass is 10.2. The summed E-state index contributed by atoms with van der Waals surface area (Å²) in [4.78, 5) is 33.1. The monoisotopic (exact) mass is 292 g/mol. The number of rotatable bonds is 6. The van der Waals surface area contributed by atoms with Crippen LogP contribution in [0.1, 0.15) is 19.3 Å². The van der Waals surface area contributed by atoms with E-state index in [0.717, 1.165) is 12.8 Å². The number of hydrogen-bond acceptors (Lipinski definition) is 5. The summed E-state index contributed by atoms with van der Waals surface area (Å²) in [6, 6.07) is 6.21. The first kappa shape index (κ1) is 14.8. The number of nitro benzene ring substituents is 1. The van der Waals surface area contributed by atoms with E-state index in [1.54, 1.807) is 18.2 Å². The van der Waals surface area contributed by atoms with Crippen molar-refractivity contribution in [3.05, 3.63) is 34.4 Å². The Morgan fingerprint density at radius 2 is 1.95 bits per heavy atom. The molecular formula is C13H16N4O4. The summed E-state index contributed by atoms with van der Waals surface area (Å²) >= 11 is 0. The van der Waals surface area contributed by atoms with E-state index in [-0.39, 0.29) is 36.4 Å². The molecule has 0 heterocycles. The molecule has 1 aliphatic rings. The largest absolute Gasteiger partial charge is 0.379 e. The van der Waals surface area contributed by atoms with Crippen molar-refractivity contribution in [2.45, 2.75) is 19.3 Å². The van der Waals surface area contributed by atoms with E-state index >= 15 is 0 Å². The first-order chi connectivity index (χ1) is 10.1. The summed E-state index contributed by atoms with van der Waals surface area (Å²) in [7, 11) is 0. The highest BCUT2D eigenvalue weighted by atomic mass is 16.6. The Morgan fingerprint density at radius 3 is 2.62 bits per heavy atom. The second-order valence-corrected chi connectivity index (χ2v) is 4.76. The molecule has 0 bridgehead atoms. The Labute approximate surface area is 121 Å². The molecule has 2 amide bonds. The van der Waals surface area contributed by atoms with Gasteiger partial charge >= 0.3 is 0 Å². The molecule has 2 rings (SSSR count). The van der Waals surface area contributed by atoms with Gasteiger partial charge in [0.2, 0.25) is 11.8 Å². The molecule has 0 aromatic heterocycles. The average Bonchev–Trinajstić information content (AvgIpc) is 3.29. The standard InChI is InChI=1S/C13H16N4O4/c18-12(15-16-13(19)9-5-6-9)7-8-14-10-3-1-2-4-11(10)17(20)21/h1-4,9,14H,5-8H2,(H,15,18)(H,16,19). The highest BCUT2D eigenvalue weighted by Gasteiger charge is 2.29. The molecule has 1 saturated carbocycles. The van der Waals surface area contributed by atoms with E-state index in [4.69, 9.17) is 0 Å². The van der Waals surface area contributed by atoms with Gasteiger partial charge in [0.1, 0.15) is 5.69 Å². The molecule has 0 spiro atoms. The van der Waals surface area contributed by atoms with E-state index in [1.807, 2.05) is 0 Å². The number of nitrogens with zero attached hydrogens (tertiary/aromatic N) is 1. The van der Waals surface area contributed by atoms with Crippen LogP contribution in [0.4, 0.5) is 11.4 Å². The van der Waals surface area contributed by atoms with Crippen molar-refractivity contribution in [1.29, 1.82) is 0 Å². The number of carbonyl (C=O) groups excluding carboxylic acids is 2. The van der Waals surface area contributed by atoms with Crippen molar-refractivity contribution in [1.82, 2.24) is 10.9 Å². The maximum absolute atomic E-state index is 11.5. The van der Waals surface area contributed by atoms with Crippen LogP contribution in [0.25, 0.3) is 0 Å². The molecule has 3 N–H and O–H groups in total. The molecule has 8 nitrogen and oxygen atoms in total. The number of nitrogens with one attached hydrogen (secondary N) is 3. The molecule has 0 radical (unpaired) electrons. The lowest BCUT2D eigenvalue weighted by Gasteiger charge is -2.08. The number of hydrazine groups is 1. The van der Waals surface area contributed by atoms with E-state index in [1.165, 1.54) is 6.07 Å². The predicted molar refractivity (Wildman–Crippen MR) is 75.2 cm³/mol. The maximum Gasteiger partial charge on any atom is 0.292 e. The third-order valence-electron chi connectivity index (χ3n) is 3.04. The molecule has 21 heavy (non-hydrogen) atoms. The second kappa shape index (κ2) is 6.69. The number of benzene rings is 1. The maximum atomic E-state index is 11.5. The Balaban J connectivity index is 1.72. The fourth-order valence-corrected chi connectivity index (χ4v) is 1.73. The molecule has 1 aliphatic carbocycles. The predicted octanol–water partition coefficient (Wildman–Crippen LogP) is 0.954. The highest BCUT2D eigenvalue weighted by Crippen LogP contribution is 2.28. The van der Waals surface area contributed by atoms with E-state index in [2.05, 4.69) is 16.2 Å². The summed E-state index contributed by atoms with van der Waals surface area (Å²) in [5.74, 6) is -0.500. The fraction of sp³-hybridized carbons (Fsp3) is 0.385. The Bertz CT molecular complexity index is 557. The van der Waals surface area contributed by atoms with Gasteiger partial charge in [-0.1, -0.05) is 12.1 Å². The van der Waals surface area contributed by atoms with Crippen LogP contribution < -0.4 is 16.2 Å². The topological polar surface area (TPSA) is 113 Å². The van der Waals surface area contributed by atoms with Crippen molar-refractivity contribution in [3.63, 3.8) is 0 Å². The molecule has 0 unspecified atom stereocenters. The molecule has 1 fully saturated rings. The smallest absolute Gasteiger partial charge is 0.292 e.